The summed E-state index contributed by atoms with van der Waals surface area (Å²) in [6.07, 6.45) is 7.76. The fraction of sp³-hybridized carbons (Fsp3) is 0.833. The molecule has 4 aliphatic carbocycles. The summed E-state index contributed by atoms with van der Waals surface area (Å²) in [6, 6.07) is 6.84. The van der Waals surface area contributed by atoms with Crippen molar-refractivity contribution in [3.05, 3.63) is 29.8 Å². The number of hydrogen-bond donors (Lipinski definition) is 4. The maximum Gasteiger partial charge on any atom is 0.408 e. The van der Waals surface area contributed by atoms with Crippen molar-refractivity contribution in [2.45, 2.75) is 208 Å². The van der Waals surface area contributed by atoms with Crippen LogP contribution in [0.15, 0.2) is 24.3 Å². The minimum absolute atomic E-state index is 0.00438. The highest BCUT2D eigenvalue weighted by atomic mass is 16.6. The summed E-state index contributed by atoms with van der Waals surface area (Å²) >= 11 is 0. The number of aliphatic hydroxyl groups is 2. The summed E-state index contributed by atoms with van der Waals surface area (Å²) in [6.45, 7) is 29.6. The lowest BCUT2D eigenvalue weighted by atomic mass is 9.35. The van der Waals surface area contributed by atoms with Gasteiger partial charge in [0.1, 0.15) is 23.0 Å². The quantitative estimate of drug-likeness (QED) is 0.207. The number of hydrogen-bond acceptors (Lipinski definition) is 7. The number of benzene rings is 1. The van der Waals surface area contributed by atoms with E-state index in [0.29, 0.717) is 18.3 Å². The van der Waals surface area contributed by atoms with E-state index in [0.717, 1.165) is 69.1 Å². The number of ether oxygens (including phenoxy) is 3. The SMILES string of the molecule is CC(C)(C)OC(=O)N[C@@H](Cc1ccc(OC(C)(C)C)cc1)C(=O)N[C@H]1CC[C@]2(C)[C@H]3C[C@@H](O)[C@@H]4[C@@H]([C@]5(C)CC[C@H](C(C)(C)O)O5)CC[C@@]4(C)[C@]3(C)CC[C@H]2C1(C)C. The van der Waals surface area contributed by atoms with Crippen molar-refractivity contribution in [1.29, 1.82) is 0 Å². The average Bonchev–Trinajstić information content (AvgIpc) is 3.65. The van der Waals surface area contributed by atoms with E-state index in [4.69, 9.17) is 14.2 Å². The Morgan fingerprint density at radius 3 is 2.04 bits per heavy atom. The molecule has 0 spiro atoms. The maximum atomic E-state index is 14.4. The Bertz CT molecular complexity index is 1640. The van der Waals surface area contributed by atoms with Crippen molar-refractivity contribution in [3.63, 3.8) is 0 Å². The van der Waals surface area contributed by atoms with Crippen molar-refractivity contribution >= 4 is 12.0 Å². The minimum atomic E-state index is -0.885. The summed E-state index contributed by atoms with van der Waals surface area (Å²) in [7, 11) is 0. The van der Waals surface area contributed by atoms with E-state index in [2.05, 4.69) is 52.2 Å². The smallest absolute Gasteiger partial charge is 0.408 e. The van der Waals surface area contributed by atoms with E-state index < -0.39 is 29.4 Å². The highest BCUT2D eigenvalue weighted by Gasteiger charge is 2.72. The molecule has 4 saturated carbocycles. The molecule has 2 amide bonds. The Balaban J connectivity index is 1.20. The number of nitrogens with one attached hydrogen (secondary N) is 2. The molecule has 1 saturated heterocycles. The van der Waals surface area contributed by atoms with Gasteiger partial charge in [-0.25, -0.2) is 4.79 Å². The number of carbonyl (C=O) groups is 2. The van der Waals surface area contributed by atoms with Crippen LogP contribution < -0.4 is 15.4 Å². The monoisotopic (exact) mass is 795 g/mol. The van der Waals surface area contributed by atoms with Crippen LogP contribution in [-0.2, 0) is 20.7 Å². The molecule has 1 aromatic rings. The standard InChI is InChI=1S/C48H78N2O7/c1-41(2,3)55-30-17-15-29(16-18-30)27-32(49-40(53)57-42(4,5)6)39(52)50-36-21-23-45(11)34(43(36,7)8)20-25-46(12)35(45)28-33(51)38-31(19-24-47(38,46)13)48(14)26-22-37(56-48)44(9,10)54/h15-18,31-38,51,54H,19-28H2,1-14H3,(H,49,53)(H,50,52)/t31-,32-,33+,34-,35+,36-,37+,38-,45-,46+,47+,48-/m0/s1. The molecule has 1 aliphatic heterocycles. The molecule has 9 heteroatoms. The van der Waals surface area contributed by atoms with Gasteiger partial charge in [-0.3, -0.25) is 4.79 Å². The molecule has 0 radical (unpaired) electrons. The summed E-state index contributed by atoms with van der Waals surface area (Å²) in [5, 5.41) is 29.6. The number of carbonyl (C=O) groups excluding carboxylic acids is 2. The predicted molar refractivity (Wildman–Crippen MR) is 225 cm³/mol. The van der Waals surface area contributed by atoms with Crippen LogP contribution in [0.1, 0.15) is 160 Å². The molecule has 12 atom stereocenters. The first kappa shape index (κ1) is 44.2. The fourth-order valence-corrected chi connectivity index (χ4v) is 13.6. The van der Waals surface area contributed by atoms with Crippen molar-refractivity contribution in [3.8, 4) is 5.75 Å². The van der Waals surface area contributed by atoms with Gasteiger partial charge in [0.15, 0.2) is 0 Å². The summed E-state index contributed by atoms with van der Waals surface area (Å²) in [4.78, 5) is 27.5. The van der Waals surface area contributed by atoms with Gasteiger partial charge >= 0.3 is 6.09 Å². The number of rotatable bonds is 8. The third-order valence-corrected chi connectivity index (χ3v) is 16.4. The van der Waals surface area contributed by atoms with E-state index in [1.165, 1.54) is 0 Å². The first-order valence-electron chi connectivity index (χ1n) is 22.2. The van der Waals surface area contributed by atoms with Gasteiger partial charge in [-0.15, -0.1) is 0 Å². The molecule has 5 aliphatic rings. The highest BCUT2D eigenvalue weighted by Crippen LogP contribution is 2.76. The molecule has 4 N–H and O–H groups in total. The Kier molecular flexibility index (Phi) is 11.4. The fourth-order valence-electron chi connectivity index (χ4n) is 13.6. The first-order chi connectivity index (χ1) is 26.0. The Hall–Kier alpha value is -2.36. The van der Waals surface area contributed by atoms with Gasteiger partial charge in [0, 0.05) is 12.5 Å². The lowest BCUT2D eigenvalue weighted by Gasteiger charge is -2.71. The van der Waals surface area contributed by atoms with Crippen LogP contribution in [0.5, 0.6) is 5.75 Å². The van der Waals surface area contributed by atoms with E-state index in [9.17, 15) is 19.8 Å². The summed E-state index contributed by atoms with van der Waals surface area (Å²) in [5.74, 6) is 1.67. The van der Waals surface area contributed by atoms with E-state index >= 15 is 0 Å². The third-order valence-electron chi connectivity index (χ3n) is 16.4. The van der Waals surface area contributed by atoms with E-state index in [-0.39, 0.29) is 62.8 Å². The van der Waals surface area contributed by atoms with Gasteiger partial charge in [-0.1, -0.05) is 46.8 Å². The Labute approximate surface area is 344 Å². The van der Waals surface area contributed by atoms with Crippen LogP contribution in [0.3, 0.4) is 0 Å². The zero-order valence-electron chi connectivity index (χ0n) is 37.9. The van der Waals surface area contributed by atoms with E-state index in [1.807, 2.05) is 79.7 Å². The summed E-state index contributed by atoms with van der Waals surface area (Å²) in [5.41, 5.74) is -1.54. The van der Waals surface area contributed by atoms with Crippen LogP contribution in [0, 0.1) is 45.3 Å². The van der Waals surface area contributed by atoms with Crippen LogP contribution >= 0.6 is 0 Å². The maximum absolute atomic E-state index is 14.4. The molecular formula is C48H78N2O7. The largest absolute Gasteiger partial charge is 0.488 e. The number of alkyl carbamates (subject to hydrolysis) is 1. The lowest BCUT2D eigenvalue weighted by Crippen LogP contribution is -2.68. The molecule has 5 fully saturated rings. The number of amides is 2. The Morgan fingerprint density at radius 1 is 0.825 bits per heavy atom. The van der Waals surface area contributed by atoms with Gasteiger partial charge < -0.3 is 35.1 Å². The molecule has 6 rings (SSSR count). The molecule has 9 nitrogen and oxygen atoms in total. The molecule has 0 bridgehead atoms. The topological polar surface area (TPSA) is 126 Å². The molecule has 1 aromatic carbocycles. The van der Waals surface area contributed by atoms with Crippen molar-refractivity contribution in [2.24, 2.45) is 45.3 Å². The van der Waals surface area contributed by atoms with E-state index in [1.54, 1.807) is 0 Å². The van der Waals surface area contributed by atoms with Crippen LogP contribution in [0.2, 0.25) is 0 Å². The van der Waals surface area contributed by atoms with Crippen molar-refractivity contribution in [1.82, 2.24) is 10.6 Å². The molecule has 0 unspecified atom stereocenters. The van der Waals surface area contributed by atoms with Crippen LogP contribution in [-0.4, -0.2) is 68.9 Å². The third kappa shape index (κ3) is 8.25. The van der Waals surface area contributed by atoms with Gasteiger partial charge in [-0.05, 0) is 183 Å². The van der Waals surface area contributed by atoms with Gasteiger partial charge in [0.25, 0.3) is 0 Å². The number of fused-ring (bicyclic) bond motifs is 5. The van der Waals surface area contributed by atoms with Gasteiger partial charge in [-0.2, -0.15) is 0 Å². The lowest BCUT2D eigenvalue weighted by molar-refractivity contribution is -0.240. The second-order valence-corrected chi connectivity index (χ2v) is 23.3. The van der Waals surface area contributed by atoms with Gasteiger partial charge in [0.05, 0.1) is 23.4 Å². The predicted octanol–water partition coefficient (Wildman–Crippen LogP) is 9.15. The zero-order valence-corrected chi connectivity index (χ0v) is 37.9. The normalized spacial score (nSPS) is 39.6. The molecule has 57 heavy (non-hydrogen) atoms. The molecule has 322 valence electrons. The zero-order chi connectivity index (χ0) is 42.4. The van der Waals surface area contributed by atoms with Crippen LogP contribution in [0.4, 0.5) is 4.79 Å². The van der Waals surface area contributed by atoms with Gasteiger partial charge in [0.2, 0.25) is 5.91 Å². The summed E-state index contributed by atoms with van der Waals surface area (Å²) < 4.78 is 18.4. The molecule has 1 heterocycles. The van der Waals surface area contributed by atoms with Crippen LogP contribution in [0.25, 0.3) is 0 Å². The second kappa shape index (κ2) is 14.7. The highest BCUT2D eigenvalue weighted by molar-refractivity contribution is 5.86. The number of aliphatic hydroxyl groups excluding tert-OH is 1. The first-order valence-corrected chi connectivity index (χ1v) is 22.2. The Morgan fingerprint density at radius 2 is 1.46 bits per heavy atom. The molecule has 0 aromatic heterocycles. The van der Waals surface area contributed by atoms with Crippen molar-refractivity contribution in [2.75, 3.05) is 0 Å². The minimum Gasteiger partial charge on any atom is -0.488 e. The second-order valence-electron chi connectivity index (χ2n) is 23.3. The van der Waals surface area contributed by atoms with Crippen molar-refractivity contribution < 1.29 is 34.0 Å². The molecular weight excluding hydrogens is 717 g/mol. The average molecular weight is 795 g/mol.